The monoisotopic (exact) mass is 260 g/mol. The number of hydrogen-bond acceptors (Lipinski definition) is 3. The fourth-order valence-electron chi connectivity index (χ4n) is 0.783. The van der Waals surface area contributed by atoms with Crippen LogP contribution >= 0.6 is 11.6 Å². The van der Waals surface area contributed by atoms with Crippen molar-refractivity contribution in [1.29, 1.82) is 0 Å². The summed E-state index contributed by atoms with van der Waals surface area (Å²) in [6.45, 7) is 0. The second-order valence-corrected chi connectivity index (χ2v) is 4.47. The van der Waals surface area contributed by atoms with Gasteiger partial charge in [-0.25, -0.2) is 18.5 Å². The first-order valence-corrected chi connectivity index (χ1v) is 5.30. The van der Waals surface area contributed by atoms with E-state index in [4.69, 9.17) is 11.6 Å². The molecule has 1 aromatic rings. The first kappa shape index (κ1) is 12.2. The Morgan fingerprint density at radius 1 is 1.40 bits per heavy atom. The second kappa shape index (κ2) is 3.62. The average molecular weight is 261 g/mol. The van der Waals surface area contributed by atoms with E-state index in [1.165, 1.54) is 0 Å². The van der Waals surface area contributed by atoms with Gasteiger partial charge in [-0.2, -0.15) is 13.2 Å². The van der Waals surface area contributed by atoms with Crippen LogP contribution in [0.4, 0.5) is 13.2 Å². The lowest BCUT2D eigenvalue weighted by Gasteiger charge is -2.08. The van der Waals surface area contributed by atoms with E-state index in [1.807, 2.05) is 0 Å². The summed E-state index contributed by atoms with van der Waals surface area (Å²) in [7, 11) is -4.22. The van der Waals surface area contributed by atoms with Gasteiger partial charge in [0.2, 0.25) is 10.0 Å². The van der Waals surface area contributed by atoms with Gasteiger partial charge in [-0.3, -0.25) is 0 Å². The number of aromatic nitrogens is 1. The molecule has 0 saturated heterocycles. The van der Waals surface area contributed by atoms with Gasteiger partial charge in [0.25, 0.3) is 0 Å². The van der Waals surface area contributed by atoms with Gasteiger partial charge in [-0.1, -0.05) is 11.6 Å². The van der Waals surface area contributed by atoms with Crippen LogP contribution in [0.1, 0.15) is 5.56 Å². The van der Waals surface area contributed by atoms with Crippen molar-refractivity contribution in [2.75, 3.05) is 0 Å². The van der Waals surface area contributed by atoms with E-state index in [-0.39, 0.29) is 0 Å². The topological polar surface area (TPSA) is 73.1 Å². The van der Waals surface area contributed by atoms with Gasteiger partial charge in [0.15, 0.2) is 0 Å². The molecule has 1 aromatic heterocycles. The zero-order valence-corrected chi connectivity index (χ0v) is 8.49. The number of rotatable bonds is 1. The molecule has 0 fully saturated rings. The Morgan fingerprint density at radius 3 is 2.33 bits per heavy atom. The van der Waals surface area contributed by atoms with Crippen LogP contribution in [0.25, 0.3) is 0 Å². The molecule has 0 saturated carbocycles. The maximum absolute atomic E-state index is 12.3. The summed E-state index contributed by atoms with van der Waals surface area (Å²) >= 11 is 5.16. The summed E-state index contributed by atoms with van der Waals surface area (Å²) in [5.41, 5.74) is -1.34. The third-order valence-corrected chi connectivity index (χ3v) is 2.63. The molecule has 0 radical (unpaired) electrons. The van der Waals surface area contributed by atoms with Crippen LogP contribution < -0.4 is 5.14 Å². The predicted molar refractivity (Wildman–Crippen MR) is 45.6 cm³/mol. The van der Waals surface area contributed by atoms with Crippen LogP contribution in [0.3, 0.4) is 0 Å². The number of nitrogens with two attached hydrogens (primary N) is 1. The molecule has 0 amide bonds. The molecule has 0 unspecified atom stereocenters. The van der Waals surface area contributed by atoms with Gasteiger partial charge < -0.3 is 0 Å². The van der Waals surface area contributed by atoms with Crippen LogP contribution in [0.2, 0.25) is 5.15 Å². The number of halogens is 4. The molecule has 84 valence electrons. The lowest BCUT2D eigenvalue weighted by molar-refractivity contribution is -0.137. The van der Waals surface area contributed by atoms with Crippen LogP contribution in [0.5, 0.6) is 0 Å². The van der Waals surface area contributed by atoms with Gasteiger partial charge in [-0.05, 0) is 6.07 Å². The number of sulfonamides is 1. The Balaban J connectivity index is 3.43. The molecular weight excluding hydrogens is 257 g/mol. The van der Waals surface area contributed by atoms with Crippen molar-refractivity contribution < 1.29 is 21.6 Å². The summed E-state index contributed by atoms with van der Waals surface area (Å²) in [5, 5.41) is 3.82. The zero-order valence-electron chi connectivity index (χ0n) is 6.92. The summed E-state index contributed by atoms with van der Waals surface area (Å²) in [4.78, 5) is 2.36. The lowest BCUT2D eigenvalue weighted by Crippen LogP contribution is -2.15. The molecule has 0 aromatic carbocycles. The largest absolute Gasteiger partial charge is 0.419 e. The molecule has 2 N–H and O–H groups in total. The van der Waals surface area contributed by atoms with Crippen molar-refractivity contribution in [3.63, 3.8) is 0 Å². The summed E-state index contributed by atoms with van der Waals surface area (Å²) in [6, 6.07) is 0.338. The molecule has 0 aliphatic rings. The molecule has 15 heavy (non-hydrogen) atoms. The zero-order chi connectivity index (χ0) is 11.9. The molecule has 0 aliphatic carbocycles. The van der Waals surface area contributed by atoms with Crippen LogP contribution in [0.15, 0.2) is 17.2 Å². The van der Waals surface area contributed by atoms with E-state index >= 15 is 0 Å². The maximum atomic E-state index is 12.3. The Bertz CT molecular complexity index is 486. The summed E-state index contributed by atoms with van der Waals surface area (Å²) < 4.78 is 58.3. The van der Waals surface area contributed by atoms with E-state index in [2.05, 4.69) is 10.1 Å². The van der Waals surface area contributed by atoms with Crippen LogP contribution in [-0.4, -0.2) is 13.4 Å². The first-order chi connectivity index (χ1) is 6.62. The van der Waals surface area contributed by atoms with Crippen molar-refractivity contribution in [3.8, 4) is 0 Å². The minimum absolute atomic E-state index is 0.338. The van der Waals surface area contributed by atoms with E-state index in [9.17, 15) is 21.6 Å². The van der Waals surface area contributed by atoms with Crippen molar-refractivity contribution in [1.82, 2.24) is 4.98 Å². The molecule has 0 spiro atoms. The van der Waals surface area contributed by atoms with Gasteiger partial charge in [0, 0.05) is 6.20 Å². The second-order valence-electron chi connectivity index (χ2n) is 2.55. The summed E-state index contributed by atoms with van der Waals surface area (Å²) in [5.74, 6) is 0. The number of nitrogens with zero attached hydrogens (tertiary/aromatic N) is 1. The van der Waals surface area contributed by atoms with Gasteiger partial charge in [-0.15, -0.1) is 0 Å². The first-order valence-electron chi connectivity index (χ1n) is 3.38. The van der Waals surface area contributed by atoms with Crippen LogP contribution in [-0.2, 0) is 16.2 Å². The quantitative estimate of drug-likeness (QED) is 0.776. The van der Waals surface area contributed by atoms with Crippen LogP contribution in [0, 0.1) is 0 Å². The molecule has 0 aliphatic heterocycles. The highest BCUT2D eigenvalue weighted by Gasteiger charge is 2.35. The fourth-order valence-corrected chi connectivity index (χ4v) is 1.48. The third kappa shape index (κ3) is 2.80. The van der Waals surface area contributed by atoms with E-state index in [0.717, 1.165) is 0 Å². The Kier molecular flexibility index (Phi) is 2.94. The minimum Gasteiger partial charge on any atom is -0.243 e. The number of hydrogen-bond donors (Lipinski definition) is 1. The smallest absolute Gasteiger partial charge is 0.243 e. The van der Waals surface area contributed by atoms with Crippen molar-refractivity contribution in [3.05, 3.63) is 23.0 Å². The highest BCUT2D eigenvalue weighted by Crippen LogP contribution is 2.34. The maximum Gasteiger partial charge on any atom is 0.419 e. The average Bonchev–Trinajstić information content (AvgIpc) is 2.00. The summed E-state index contributed by atoms with van der Waals surface area (Å²) in [6.07, 6.45) is -4.11. The predicted octanol–water partition coefficient (Wildman–Crippen LogP) is 1.40. The third-order valence-electron chi connectivity index (χ3n) is 1.45. The van der Waals surface area contributed by atoms with E-state index in [0.29, 0.717) is 12.3 Å². The van der Waals surface area contributed by atoms with Crippen molar-refractivity contribution >= 4 is 21.6 Å². The normalized spacial score (nSPS) is 12.9. The molecule has 0 atom stereocenters. The van der Waals surface area contributed by atoms with Gasteiger partial charge in [0.1, 0.15) is 10.0 Å². The van der Waals surface area contributed by atoms with Gasteiger partial charge >= 0.3 is 6.18 Å². The van der Waals surface area contributed by atoms with Crippen molar-refractivity contribution in [2.45, 2.75) is 11.1 Å². The lowest BCUT2D eigenvalue weighted by atomic mass is 10.3. The number of alkyl halides is 3. The van der Waals surface area contributed by atoms with Crippen molar-refractivity contribution in [2.24, 2.45) is 5.14 Å². The van der Waals surface area contributed by atoms with E-state index in [1.54, 1.807) is 0 Å². The SMILES string of the molecule is NS(=O)(=O)c1cnc(Cl)c(C(F)(F)F)c1. The fraction of sp³-hybridized carbons (Fsp3) is 0.167. The Hall–Kier alpha value is -0.860. The molecular formula is C6H4ClF3N2O2S. The standard InChI is InChI=1S/C6H4ClF3N2O2S/c7-5-4(6(8,9)10)1-3(2-12-5)15(11,13)14/h1-2H,(H2,11,13,14). The Labute approximate surface area is 87.9 Å². The molecule has 1 heterocycles. The molecule has 4 nitrogen and oxygen atoms in total. The molecule has 9 heteroatoms. The van der Waals surface area contributed by atoms with E-state index < -0.39 is 31.8 Å². The minimum atomic E-state index is -4.77. The Morgan fingerprint density at radius 2 is 1.93 bits per heavy atom. The molecule has 1 rings (SSSR count). The number of pyridine rings is 1. The highest BCUT2D eigenvalue weighted by atomic mass is 35.5. The molecule has 0 bridgehead atoms. The van der Waals surface area contributed by atoms with Gasteiger partial charge in [0.05, 0.1) is 5.56 Å². The number of primary sulfonamides is 1. The highest BCUT2D eigenvalue weighted by molar-refractivity contribution is 7.89.